The summed E-state index contributed by atoms with van der Waals surface area (Å²) in [5.41, 5.74) is 6.34. The highest BCUT2D eigenvalue weighted by Gasteiger charge is 2.77. The minimum atomic E-state index is -1.63. The number of aliphatic hydroxyl groups excluding tert-OH is 1. The van der Waals surface area contributed by atoms with Gasteiger partial charge in [0.25, 0.3) is 5.96 Å². The predicted octanol–water partition coefficient (Wildman–Crippen LogP) is 0.0375. The molecule has 10 nitrogen and oxygen atoms in total. The number of carboxylic acid groups (broad SMARTS) is 1. The van der Waals surface area contributed by atoms with Crippen LogP contribution in [0.2, 0.25) is 0 Å². The number of aliphatic hydroxyl groups is 2. The van der Waals surface area contributed by atoms with Crippen LogP contribution >= 0.6 is 0 Å². The number of guanidine groups is 1. The molecule has 260 valence electrons. The van der Waals surface area contributed by atoms with E-state index < -0.39 is 17.0 Å². The van der Waals surface area contributed by atoms with E-state index in [1.165, 1.54) is 5.56 Å². The van der Waals surface area contributed by atoms with Crippen molar-refractivity contribution in [3.8, 4) is 0 Å². The Morgan fingerprint density at radius 3 is 2.70 bits per heavy atom. The molecule has 0 aromatic heterocycles. The van der Waals surface area contributed by atoms with Crippen molar-refractivity contribution in [3.63, 3.8) is 0 Å². The van der Waals surface area contributed by atoms with Crippen molar-refractivity contribution < 1.29 is 29.8 Å². The first-order valence-corrected chi connectivity index (χ1v) is 18.0. The van der Waals surface area contributed by atoms with Gasteiger partial charge in [0.1, 0.15) is 5.60 Å². The standard InChI is InChI=1S/C37H57N5O5/c1-24-16-26(17-25-8-5-4-6-9-25)30-19-31-32(33(44)45)35(46,23-47-29-11-7-10-28(18-29)39-2)21-36(24,31)37(30)22-42(34(38)40-3)14-12-27(37)20-41-13-15-43/h4-6,8-9,24,26-30,39,41,43,46H,7,10-23H2,1-3H3,(H2,38,40)(H,44,45). The van der Waals surface area contributed by atoms with Crippen molar-refractivity contribution in [1.29, 1.82) is 0 Å². The van der Waals surface area contributed by atoms with Gasteiger partial charge in [0.05, 0.1) is 38.4 Å². The molecule has 5 aliphatic rings. The van der Waals surface area contributed by atoms with Crippen LogP contribution in [0.5, 0.6) is 0 Å². The predicted molar refractivity (Wildman–Crippen MR) is 179 cm³/mol. The Labute approximate surface area is 280 Å². The molecule has 1 saturated heterocycles. The molecule has 4 fully saturated rings. The number of hydrogen-bond acceptors (Lipinski definition) is 8. The van der Waals surface area contributed by atoms with E-state index >= 15 is 0 Å². The lowest BCUT2D eigenvalue weighted by Gasteiger charge is -2.62. The summed E-state index contributed by atoms with van der Waals surface area (Å²) in [7, 11) is 3.72. The molecule has 10 atom stereocenters. The van der Waals surface area contributed by atoms with Crippen LogP contribution in [0.15, 0.2) is 46.5 Å². The fourth-order valence-corrected chi connectivity index (χ4v) is 11.5. The number of ether oxygens (including phenoxy) is 1. The number of hydrogen-bond donors (Lipinski definition) is 6. The number of rotatable bonds is 11. The third kappa shape index (κ3) is 5.87. The summed E-state index contributed by atoms with van der Waals surface area (Å²) in [6.07, 6.45) is 7.60. The van der Waals surface area contributed by atoms with Gasteiger partial charge in [-0.05, 0) is 94.2 Å². The fourth-order valence-electron chi connectivity index (χ4n) is 11.5. The minimum Gasteiger partial charge on any atom is -0.545 e. The van der Waals surface area contributed by atoms with Crippen molar-refractivity contribution in [1.82, 2.24) is 10.6 Å². The molecule has 1 aliphatic heterocycles. The second-order valence-electron chi connectivity index (χ2n) is 15.4. The Morgan fingerprint density at radius 1 is 1.21 bits per heavy atom. The number of aliphatic imine (C=N–C) groups is 1. The number of aliphatic carboxylic acids is 1. The number of allylic oxidation sites excluding steroid dienone is 1. The smallest absolute Gasteiger partial charge is 0.293 e. The lowest BCUT2D eigenvalue weighted by Crippen LogP contribution is -3.19. The van der Waals surface area contributed by atoms with Gasteiger partial charge in [0.15, 0.2) is 0 Å². The maximum absolute atomic E-state index is 13.3. The molecule has 1 aromatic carbocycles. The summed E-state index contributed by atoms with van der Waals surface area (Å²) in [6.45, 7) is 5.11. The Balaban J connectivity index is 1.46. The number of likely N-dealkylation sites (tertiary alicyclic amines) is 1. The summed E-state index contributed by atoms with van der Waals surface area (Å²) in [6, 6.07) is 11.0. The minimum absolute atomic E-state index is 0.0254. The van der Waals surface area contributed by atoms with Crippen LogP contribution in [0.3, 0.4) is 0 Å². The highest BCUT2D eigenvalue weighted by atomic mass is 16.5. The summed E-state index contributed by atoms with van der Waals surface area (Å²) in [4.78, 5) is 18.9. The van der Waals surface area contributed by atoms with Gasteiger partial charge in [-0.15, -0.1) is 0 Å². The van der Waals surface area contributed by atoms with Gasteiger partial charge in [0.2, 0.25) is 0 Å². The van der Waals surface area contributed by atoms with Crippen LogP contribution in [-0.4, -0.2) is 93.4 Å². The number of nitrogens with two attached hydrogens (primary N) is 1. The van der Waals surface area contributed by atoms with Crippen LogP contribution < -0.4 is 26.4 Å². The number of nitrogens with zero attached hydrogens (tertiary/aromatic N) is 1. The lowest BCUT2D eigenvalue weighted by molar-refractivity contribution is -0.829. The molecular weight excluding hydrogens is 594 g/mol. The highest BCUT2D eigenvalue weighted by Crippen LogP contribution is 2.77. The molecule has 2 spiro atoms. The first-order chi connectivity index (χ1) is 22.6. The first kappa shape index (κ1) is 34.5. The van der Waals surface area contributed by atoms with E-state index in [1.54, 1.807) is 7.05 Å². The van der Waals surface area contributed by atoms with E-state index in [-0.39, 0.29) is 48.1 Å². The summed E-state index contributed by atoms with van der Waals surface area (Å²) in [5.74, 6) is 0.174. The third-order valence-corrected chi connectivity index (χ3v) is 13.3. The van der Waals surface area contributed by atoms with Crippen molar-refractivity contribution >= 4 is 11.9 Å². The van der Waals surface area contributed by atoms with Gasteiger partial charge >= 0.3 is 0 Å². The number of carbonyl (C=O) groups excluding carboxylic acids is 1. The SMILES string of the molecule is CN=C(N)[NH+]1CCC(CNCCO)C2(C1)C1CC3=C(C(=O)[O-])C(O)(COC4CCCC(NC)C4)CC32C(C)CC1Cc1ccccc1. The molecule has 47 heavy (non-hydrogen) atoms. The molecular formula is C37H57N5O5. The average molecular weight is 652 g/mol. The molecule has 0 radical (unpaired) electrons. The van der Waals surface area contributed by atoms with Crippen LogP contribution in [0.1, 0.15) is 63.9 Å². The largest absolute Gasteiger partial charge is 0.545 e. The highest BCUT2D eigenvalue weighted by molar-refractivity contribution is 5.90. The van der Waals surface area contributed by atoms with Gasteiger partial charge in [-0.1, -0.05) is 42.8 Å². The number of nitrogens with one attached hydrogen (secondary N) is 3. The van der Waals surface area contributed by atoms with Crippen molar-refractivity contribution in [2.75, 3.05) is 53.5 Å². The molecule has 1 aromatic rings. The second-order valence-corrected chi connectivity index (χ2v) is 15.4. The number of piperidine rings is 1. The Kier molecular flexibility index (Phi) is 10.2. The maximum Gasteiger partial charge on any atom is 0.293 e. The molecule has 10 heteroatoms. The van der Waals surface area contributed by atoms with Gasteiger partial charge in [-0.25, -0.2) is 4.99 Å². The first-order valence-electron chi connectivity index (χ1n) is 18.0. The zero-order valence-electron chi connectivity index (χ0n) is 28.6. The zero-order valence-corrected chi connectivity index (χ0v) is 28.6. The zero-order chi connectivity index (χ0) is 33.4. The van der Waals surface area contributed by atoms with Crippen molar-refractivity contribution in [2.24, 2.45) is 45.2 Å². The molecule has 4 aliphatic carbocycles. The topological polar surface area (TPSA) is 157 Å². The molecule has 2 bridgehead atoms. The normalized spacial score (nSPS) is 40.2. The van der Waals surface area contributed by atoms with Crippen LogP contribution in [0.25, 0.3) is 0 Å². The third-order valence-electron chi connectivity index (χ3n) is 13.3. The number of carboxylic acids is 1. The monoisotopic (exact) mass is 651 g/mol. The van der Waals surface area contributed by atoms with E-state index in [9.17, 15) is 20.1 Å². The van der Waals surface area contributed by atoms with E-state index in [1.807, 2.05) is 13.1 Å². The van der Waals surface area contributed by atoms with E-state index in [0.29, 0.717) is 37.3 Å². The van der Waals surface area contributed by atoms with Gasteiger partial charge in [-0.2, -0.15) is 0 Å². The van der Waals surface area contributed by atoms with E-state index in [0.717, 1.165) is 75.1 Å². The van der Waals surface area contributed by atoms with Crippen LogP contribution in [0, 0.1) is 34.5 Å². The second kappa shape index (κ2) is 13.9. The summed E-state index contributed by atoms with van der Waals surface area (Å²) in [5, 5.41) is 42.5. The van der Waals surface area contributed by atoms with E-state index in [2.05, 4.69) is 46.8 Å². The molecule has 6 rings (SSSR count). The van der Waals surface area contributed by atoms with Gasteiger partial charge in [-0.3, -0.25) is 4.90 Å². The molecule has 10 unspecified atom stereocenters. The molecule has 0 amide bonds. The average Bonchev–Trinajstić information content (AvgIpc) is 3.45. The summed E-state index contributed by atoms with van der Waals surface area (Å²) >= 11 is 0. The number of benzene rings is 1. The molecule has 7 N–H and O–H groups in total. The van der Waals surface area contributed by atoms with Crippen LogP contribution in [0.4, 0.5) is 0 Å². The summed E-state index contributed by atoms with van der Waals surface area (Å²) < 4.78 is 6.48. The fraction of sp³-hybridized carbons (Fsp3) is 0.730. The Morgan fingerprint density at radius 2 is 2.00 bits per heavy atom. The van der Waals surface area contributed by atoms with E-state index in [4.69, 9.17) is 10.5 Å². The molecule has 3 saturated carbocycles. The Hall–Kier alpha value is -2.34. The van der Waals surface area contributed by atoms with Crippen molar-refractivity contribution in [3.05, 3.63) is 47.0 Å². The lowest BCUT2D eigenvalue weighted by atomic mass is 9.43. The number of quaternary nitrogens is 1. The van der Waals surface area contributed by atoms with Crippen molar-refractivity contribution in [2.45, 2.75) is 82.5 Å². The maximum atomic E-state index is 13.3. The Bertz CT molecular complexity index is 1340. The molecule has 1 heterocycles. The quantitative estimate of drug-likeness (QED) is 0.111. The number of carbonyl (C=O) groups is 1. The van der Waals surface area contributed by atoms with Gasteiger partial charge in [0, 0.05) is 42.5 Å². The van der Waals surface area contributed by atoms with Crippen LogP contribution in [-0.2, 0) is 16.0 Å². The van der Waals surface area contributed by atoms with Gasteiger partial charge < -0.3 is 41.2 Å².